The number of halogens is 3. The second-order valence-electron chi connectivity index (χ2n) is 11.4. The van der Waals surface area contributed by atoms with Crippen molar-refractivity contribution in [2.45, 2.75) is 63.0 Å². The quantitative estimate of drug-likeness (QED) is 0.200. The number of hydrogen-bond donors (Lipinski definition) is 0. The van der Waals surface area contributed by atoms with Gasteiger partial charge in [0.15, 0.2) is 0 Å². The smallest absolute Gasteiger partial charge is 0.416 e. The highest BCUT2D eigenvalue weighted by atomic mass is 19.4. The predicted molar refractivity (Wildman–Crippen MR) is 142 cm³/mol. The number of aryl methyl sites for hydroxylation is 1. The normalized spacial score (nSPS) is 26.7. The third-order valence-corrected chi connectivity index (χ3v) is 8.83. The first-order chi connectivity index (χ1) is 18.2. The summed E-state index contributed by atoms with van der Waals surface area (Å²) in [4.78, 5) is 11.8. The van der Waals surface area contributed by atoms with E-state index in [1.54, 1.807) is 13.2 Å². The number of allylic oxidation sites excluding steroid dienone is 3. The summed E-state index contributed by atoms with van der Waals surface area (Å²) < 4.78 is 50.4. The Kier molecular flexibility index (Phi) is 7.43. The number of hydrogen-bond acceptors (Lipinski definition) is 3. The molecule has 2 aromatic rings. The van der Waals surface area contributed by atoms with E-state index >= 15 is 0 Å². The molecule has 0 heterocycles. The highest BCUT2D eigenvalue weighted by Gasteiger charge is 2.52. The van der Waals surface area contributed by atoms with Gasteiger partial charge in [-0.1, -0.05) is 24.3 Å². The molecule has 4 saturated carbocycles. The summed E-state index contributed by atoms with van der Waals surface area (Å²) in [6, 6.07) is 11.6. The highest BCUT2D eigenvalue weighted by Crippen LogP contribution is 2.61. The van der Waals surface area contributed by atoms with Crippen molar-refractivity contribution in [1.29, 1.82) is 0 Å². The van der Waals surface area contributed by atoms with Crippen LogP contribution in [-0.2, 0) is 27.5 Å². The van der Waals surface area contributed by atoms with Gasteiger partial charge in [-0.15, -0.1) is 0 Å². The Morgan fingerprint density at radius 1 is 0.974 bits per heavy atom. The topological polar surface area (TPSA) is 35.5 Å². The minimum absolute atomic E-state index is 0.205. The van der Waals surface area contributed by atoms with Crippen LogP contribution >= 0.6 is 0 Å². The molecule has 2 aromatic carbocycles. The number of esters is 1. The van der Waals surface area contributed by atoms with Crippen molar-refractivity contribution < 1.29 is 27.4 Å². The minimum atomic E-state index is -4.44. The predicted octanol–water partition coefficient (Wildman–Crippen LogP) is 7.93. The van der Waals surface area contributed by atoms with Crippen LogP contribution in [0.3, 0.4) is 0 Å². The maximum atomic E-state index is 13.4. The molecule has 4 aliphatic rings. The molecule has 0 unspecified atom stereocenters. The van der Waals surface area contributed by atoms with Crippen molar-refractivity contribution in [2.75, 3.05) is 14.2 Å². The van der Waals surface area contributed by atoms with Crippen LogP contribution in [0.1, 0.15) is 67.2 Å². The largest absolute Gasteiger partial charge is 0.497 e. The molecule has 0 aromatic heterocycles. The van der Waals surface area contributed by atoms with Gasteiger partial charge in [-0.3, -0.25) is 0 Å². The molecule has 0 radical (unpaired) electrons. The van der Waals surface area contributed by atoms with E-state index in [2.05, 4.69) is 12.1 Å². The first kappa shape index (κ1) is 26.6. The van der Waals surface area contributed by atoms with E-state index in [1.165, 1.54) is 75.0 Å². The first-order valence-electron chi connectivity index (χ1n) is 13.5. The van der Waals surface area contributed by atoms with Gasteiger partial charge in [0.2, 0.25) is 0 Å². The highest BCUT2D eigenvalue weighted by molar-refractivity contribution is 5.87. The third kappa shape index (κ3) is 5.55. The number of alkyl halides is 3. The average molecular weight is 525 g/mol. The fraction of sp³-hybridized carbons (Fsp3) is 0.469. The fourth-order valence-electron chi connectivity index (χ4n) is 7.60. The zero-order chi connectivity index (χ0) is 26.9. The van der Waals surface area contributed by atoms with Crippen LogP contribution in [0.4, 0.5) is 13.2 Å². The molecule has 38 heavy (non-hydrogen) atoms. The molecule has 0 saturated heterocycles. The number of carbonyl (C=O) groups is 1. The summed E-state index contributed by atoms with van der Waals surface area (Å²) in [5.74, 6) is 2.77. The maximum Gasteiger partial charge on any atom is 0.416 e. The van der Waals surface area contributed by atoms with Crippen LogP contribution in [0, 0.1) is 17.8 Å². The van der Waals surface area contributed by atoms with Gasteiger partial charge < -0.3 is 9.47 Å². The zero-order valence-corrected chi connectivity index (χ0v) is 22.0. The van der Waals surface area contributed by atoms with Gasteiger partial charge in [0.05, 0.1) is 19.8 Å². The van der Waals surface area contributed by atoms with Crippen molar-refractivity contribution in [3.63, 3.8) is 0 Å². The van der Waals surface area contributed by atoms with Crippen molar-refractivity contribution in [3.05, 3.63) is 82.9 Å². The van der Waals surface area contributed by atoms with E-state index in [0.29, 0.717) is 17.6 Å². The zero-order valence-electron chi connectivity index (χ0n) is 22.0. The SMILES string of the molecule is COC(=O)C=CC(=CCCc1ccc(OC)cc1C12CC3CC(CC(C3)C1)C2)c1cccc(C(F)(F)F)c1. The van der Waals surface area contributed by atoms with Gasteiger partial charge >= 0.3 is 12.1 Å². The lowest BCUT2D eigenvalue weighted by Gasteiger charge is -2.57. The third-order valence-electron chi connectivity index (χ3n) is 8.83. The van der Waals surface area contributed by atoms with Crippen molar-refractivity contribution in [1.82, 2.24) is 0 Å². The molecule has 4 aliphatic carbocycles. The second kappa shape index (κ2) is 10.6. The van der Waals surface area contributed by atoms with Crippen molar-refractivity contribution in [3.8, 4) is 5.75 Å². The Morgan fingerprint density at radius 2 is 1.66 bits per heavy atom. The molecule has 0 spiro atoms. The van der Waals surface area contributed by atoms with Crippen LogP contribution in [-0.4, -0.2) is 20.2 Å². The molecule has 0 aliphatic heterocycles. The Hall–Kier alpha value is -3.02. The van der Waals surface area contributed by atoms with Gasteiger partial charge in [0, 0.05) is 6.08 Å². The van der Waals surface area contributed by atoms with Crippen LogP contribution < -0.4 is 4.74 Å². The Labute approximate surface area is 222 Å². The molecule has 0 amide bonds. The van der Waals surface area contributed by atoms with E-state index < -0.39 is 17.7 Å². The maximum absolute atomic E-state index is 13.4. The molecule has 4 fully saturated rings. The standard InChI is InChI=1S/C32H35F3O3/c1-37-28-11-9-25(29(17-28)31-18-21-13-22(19-31)15-23(14-21)20-31)6-3-5-24(10-12-30(36)38-2)26-7-4-8-27(16-26)32(33,34)35/h4-5,7-12,16-17,21-23H,3,6,13-15,18-20H2,1-2H3. The summed E-state index contributed by atoms with van der Waals surface area (Å²) in [5.41, 5.74) is 3.14. The molecule has 3 nitrogen and oxygen atoms in total. The molecule has 6 rings (SSSR count). The monoisotopic (exact) mass is 524 g/mol. The summed E-state index contributed by atoms with van der Waals surface area (Å²) in [7, 11) is 2.98. The lowest BCUT2D eigenvalue weighted by Crippen LogP contribution is -2.48. The van der Waals surface area contributed by atoms with Crippen LogP contribution in [0.25, 0.3) is 5.57 Å². The summed E-state index contributed by atoms with van der Waals surface area (Å²) in [6.45, 7) is 0. The van der Waals surface area contributed by atoms with Gasteiger partial charge in [0.25, 0.3) is 0 Å². The van der Waals surface area contributed by atoms with Gasteiger partial charge in [-0.2, -0.15) is 13.2 Å². The summed E-state index contributed by atoms with van der Waals surface area (Å²) in [6.07, 6.45) is 9.49. The van der Waals surface area contributed by atoms with Crippen LogP contribution in [0.2, 0.25) is 0 Å². The van der Waals surface area contributed by atoms with E-state index in [0.717, 1.165) is 42.1 Å². The molecule has 202 valence electrons. The molecule has 0 atom stereocenters. The summed E-state index contributed by atoms with van der Waals surface area (Å²) >= 11 is 0. The van der Waals surface area contributed by atoms with Crippen LogP contribution in [0.15, 0.2) is 60.7 Å². The minimum Gasteiger partial charge on any atom is -0.497 e. The molecular formula is C32H35F3O3. The number of ether oxygens (including phenoxy) is 2. The van der Waals surface area contributed by atoms with Crippen LogP contribution in [0.5, 0.6) is 5.75 Å². The molecule has 6 heteroatoms. The summed E-state index contributed by atoms with van der Waals surface area (Å²) in [5, 5.41) is 0. The van der Waals surface area contributed by atoms with E-state index in [9.17, 15) is 18.0 Å². The average Bonchev–Trinajstić information content (AvgIpc) is 2.89. The van der Waals surface area contributed by atoms with Crippen molar-refractivity contribution in [2.24, 2.45) is 17.8 Å². The lowest BCUT2D eigenvalue weighted by atomic mass is 9.47. The fourth-order valence-corrected chi connectivity index (χ4v) is 7.60. The van der Waals surface area contributed by atoms with Gasteiger partial charge in [-0.25, -0.2) is 4.79 Å². The Balaban J connectivity index is 1.44. The first-order valence-corrected chi connectivity index (χ1v) is 13.5. The molecular weight excluding hydrogens is 489 g/mol. The number of carbonyl (C=O) groups excluding carboxylic acids is 1. The molecule has 0 N–H and O–H groups in total. The number of benzene rings is 2. The Morgan fingerprint density at radius 3 is 2.26 bits per heavy atom. The van der Waals surface area contributed by atoms with E-state index in [1.807, 2.05) is 12.1 Å². The van der Waals surface area contributed by atoms with E-state index in [4.69, 9.17) is 9.47 Å². The van der Waals surface area contributed by atoms with E-state index in [-0.39, 0.29) is 5.41 Å². The Bertz CT molecular complexity index is 1210. The number of methoxy groups -OCH3 is 2. The second-order valence-corrected chi connectivity index (χ2v) is 11.4. The molecule has 4 bridgehead atoms. The number of rotatable bonds is 8. The van der Waals surface area contributed by atoms with Gasteiger partial charge in [0.1, 0.15) is 5.75 Å². The lowest BCUT2D eigenvalue weighted by molar-refractivity contribution is -0.137. The van der Waals surface area contributed by atoms with Crippen molar-refractivity contribution >= 4 is 11.5 Å². The van der Waals surface area contributed by atoms with Gasteiger partial charge in [-0.05, 0) is 127 Å².